The number of ether oxygens (including phenoxy) is 2. The van der Waals surface area contributed by atoms with Crippen molar-refractivity contribution < 1.29 is 36.1 Å². The van der Waals surface area contributed by atoms with Gasteiger partial charge in [0.25, 0.3) is 10.1 Å². The molecule has 0 fully saturated rings. The van der Waals surface area contributed by atoms with Crippen molar-refractivity contribution in [2.24, 2.45) is 5.41 Å². The van der Waals surface area contributed by atoms with E-state index in [-0.39, 0.29) is 42.9 Å². The van der Waals surface area contributed by atoms with Crippen molar-refractivity contribution in [2.75, 3.05) is 31.5 Å². The first kappa shape index (κ1) is 31.6. The molecule has 1 rings (SSSR count). The van der Waals surface area contributed by atoms with Gasteiger partial charge in [0, 0.05) is 11.3 Å². The van der Waals surface area contributed by atoms with E-state index in [1.807, 2.05) is 33.9 Å². The van der Waals surface area contributed by atoms with Crippen LogP contribution < -0.4 is 0 Å². The van der Waals surface area contributed by atoms with E-state index in [4.69, 9.17) is 29.7 Å². The summed E-state index contributed by atoms with van der Waals surface area (Å²) in [6, 6.07) is 8.48. The number of alkyl halides is 1. The third kappa shape index (κ3) is 10.6. The van der Waals surface area contributed by atoms with Crippen molar-refractivity contribution in [1.29, 1.82) is 0 Å². The Labute approximate surface area is 215 Å². The van der Waals surface area contributed by atoms with Crippen LogP contribution in [0.1, 0.15) is 51.4 Å². The van der Waals surface area contributed by atoms with Crippen molar-refractivity contribution in [3.63, 3.8) is 0 Å². The molecule has 1 aromatic rings. The van der Waals surface area contributed by atoms with Crippen LogP contribution >= 0.6 is 11.6 Å². The van der Waals surface area contributed by atoms with E-state index in [1.165, 1.54) is 0 Å². The third-order valence-electron chi connectivity index (χ3n) is 5.85. The van der Waals surface area contributed by atoms with Crippen LogP contribution in [0.15, 0.2) is 30.3 Å². The minimum atomic E-state index is -3.80. The Bertz CT molecular complexity index is 927. The summed E-state index contributed by atoms with van der Waals surface area (Å²) < 4.78 is 46.5. The maximum atomic E-state index is 13.1. The van der Waals surface area contributed by atoms with E-state index in [9.17, 15) is 18.0 Å². The minimum Gasteiger partial charge on any atom is -0.460 e. The fourth-order valence-corrected chi connectivity index (χ4v) is 5.36. The Balaban J connectivity index is 2.90. The maximum absolute atomic E-state index is 13.1. The van der Waals surface area contributed by atoms with Crippen LogP contribution in [0.3, 0.4) is 0 Å². The van der Waals surface area contributed by atoms with Gasteiger partial charge in [0.1, 0.15) is 13.2 Å². The number of rotatable bonds is 14. The van der Waals surface area contributed by atoms with E-state index < -0.39 is 41.9 Å². The third-order valence-corrected chi connectivity index (χ3v) is 11.8. The average Bonchev–Trinajstić information content (AvgIpc) is 2.77. The van der Waals surface area contributed by atoms with Gasteiger partial charge >= 0.3 is 11.9 Å². The molecule has 200 valence electrons. The molecule has 0 amide bonds. The molecule has 1 atom stereocenters. The lowest BCUT2D eigenvalue weighted by atomic mass is 9.87. The molecule has 35 heavy (non-hydrogen) atoms. The zero-order valence-electron chi connectivity index (χ0n) is 21.8. The van der Waals surface area contributed by atoms with Gasteiger partial charge in [-0.3, -0.25) is 4.18 Å². The standard InChI is InChI=1S/C24H39ClO8SSi/c1-23(2,3)35(6,7)33-20(24(4,5)18-32-34(28,29)17-11-14-25)22(27)31-16-15-30-21(26)19-12-9-8-10-13-19/h8-10,12-13,20H,11,14-18H2,1-7H3/t20-/m0/s1. The molecular formula is C24H39ClO8SSi. The lowest BCUT2D eigenvalue weighted by molar-refractivity contribution is -0.161. The van der Waals surface area contributed by atoms with E-state index in [2.05, 4.69) is 0 Å². The molecule has 0 radical (unpaired) electrons. The molecule has 0 aromatic heterocycles. The van der Waals surface area contributed by atoms with Crippen LogP contribution in [0.4, 0.5) is 0 Å². The smallest absolute Gasteiger partial charge is 0.338 e. The highest BCUT2D eigenvalue weighted by atomic mass is 35.5. The number of halogens is 1. The Hall–Kier alpha value is -1.46. The summed E-state index contributed by atoms with van der Waals surface area (Å²) in [5, 5.41) is -0.208. The molecule has 0 spiro atoms. The predicted molar refractivity (Wildman–Crippen MR) is 139 cm³/mol. The van der Waals surface area contributed by atoms with E-state index in [1.54, 1.807) is 44.2 Å². The van der Waals surface area contributed by atoms with Crippen molar-refractivity contribution in [3.8, 4) is 0 Å². The van der Waals surface area contributed by atoms with Gasteiger partial charge in [-0.15, -0.1) is 11.6 Å². The summed E-state index contributed by atoms with van der Waals surface area (Å²) in [5.74, 6) is -1.20. The zero-order valence-corrected chi connectivity index (χ0v) is 24.3. The van der Waals surface area contributed by atoms with Gasteiger partial charge in [-0.25, -0.2) is 9.59 Å². The number of hydrogen-bond acceptors (Lipinski definition) is 8. The molecule has 1 aromatic carbocycles. The molecule has 0 aliphatic carbocycles. The Morgan fingerprint density at radius 2 is 1.57 bits per heavy atom. The second-order valence-corrected chi connectivity index (χ2v) is 17.4. The number of benzene rings is 1. The van der Waals surface area contributed by atoms with Gasteiger partial charge in [-0.1, -0.05) is 52.8 Å². The van der Waals surface area contributed by atoms with E-state index in [0.29, 0.717) is 5.56 Å². The van der Waals surface area contributed by atoms with E-state index in [0.717, 1.165) is 0 Å². The Morgan fingerprint density at radius 1 is 1.00 bits per heavy atom. The molecule has 0 heterocycles. The number of esters is 2. The van der Waals surface area contributed by atoms with Gasteiger partial charge in [0.05, 0.1) is 17.9 Å². The fourth-order valence-electron chi connectivity index (χ4n) is 2.62. The average molecular weight is 551 g/mol. The SMILES string of the molecule is CC(C)(COS(=O)(=O)CCCCl)[C@@H](O[Si](C)(C)C(C)(C)C)C(=O)OCCOC(=O)c1ccccc1. The summed E-state index contributed by atoms with van der Waals surface area (Å²) in [5.41, 5.74) is -0.631. The zero-order chi connectivity index (χ0) is 26.9. The van der Waals surface area contributed by atoms with E-state index >= 15 is 0 Å². The molecular weight excluding hydrogens is 512 g/mol. The van der Waals surface area contributed by atoms with Crippen LogP contribution in [0.25, 0.3) is 0 Å². The normalized spacial score (nSPS) is 13.8. The molecule has 0 bridgehead atoms. The molecule has 0 saturated heterocycles. The monoisotopic (exact) mass is 550 g/mol. The van der Waals surface area contributed by atoms with Crippen molar-refractivity contribution in [1.82, 2.24) is 0 Å². The van der Waals surface area contributed by atoms with Crippen molar-refractivity contribution in [2.45, 2.75) is 65.3 Å². The lowest BCUT2D eigenvalue weighted by Gasteiger charge is -2.42. The van der Waals surface area contributed by atoms with Gasteiger partial charge in [0.15, 0.2) is 14.4 Å². The summed E-state index contributed by atoms with van der Waals surface area (Å²) >= 11 is 5.59. The topological polar surface area (TPSA) is 105 Å². The summed E-state index contributed by atoms with van der Waals surface area (Å²) in [6.07, 6.45) is -0.825. The molecule has 8 nitrogen and oxygen atoms in total. The van der Waals surface area contributed by atoms with Gasteiger partial charge in [-0.05, 0) is 36.7 Å². The molecule has 0 unspecified atom stereocenters. The van der Waals surface area contributed by atoms with Gasteiger partial charge in [-0.2, -0.15) is 8.42 Å². The number of carbonyl (C=O) groups is 2. The first-order valence-corrected chi connectivity index (χ1v) is 16.5. The Kier molecular flexibility index (Phi) is 11.9. The highest BCUT2D eigenvalue weighted by molar-refractivity contribution is 7.86. The fraction of sp³-hybridized carbons (Fsp3) is 0.667. The van der Waals surface area contributed by atoms with Gasteiger partial charge < -0.3 is 13.9 Å². The maximum Gasteiger partial charge on any atom is 0.338 e. The quantitative estimate of drug-likeness (QED) is 0.107. The van der Waals surface area contributed by atoms with Crippen LogP contribution in [-0.2, 0) is 33.0 Å². The highest BCUT2D eigenvalue weighted by Crippen LogP contribution is 2.40. The predicted octanol–water partition coefficient (Wildman–Crippen LogP) is 4.78. The van der Waals surface area contributed by atoms with Crippen molar-refractivity contribution >= 4 is 42.0 Å². The first-order chi connectivity index (χ1) is 16.0. The van der Waals surface area contributed by atoms with Crippen molar-refractivity contribution in [3.05, 3.63) is 35.9 Å². The second kappa shape index (κ2) is 13.2. The number of carbonyl (C=O) groups excluding carboxylic acids is 2. The highest BCUT2D eigenvalue weighted by Gasteiger charge is 2.47. The molecule has 11 heteroatoms. The second-order valence-electron chi connectivity index (χ2n) is 10.5. The van der Waals surface area contributed by atoms with Crippen LogP contribution in [-0.4, -0.2) is 66.2 Å². The summed E-state index contributed by atoms with van der Waals surface area (Å²) in [4.78, 5) is 25.2. The lowest BCUT2D eigenvalue weighted by Crippen LogP contribution is -2.52. The van der Waals surface area contributed by atoms with Crippen LogP contribution in [0.2, 0.25) is 18.1 Å². The minimum absolute atomic E-state index is 0.129. The summed E-state index contributed by atoms with van der Waals surface area (Å²) in [6.45, 7) is 12.9. The summed E-state index contributed by atoms with van der Waals surface area (Å²) in [7, 11) is -6.26. The number of hydrogen-bond donors (Lipinski definition) is 0. The molecule has 0 aliphatic rings. The van der Waals surface area contributed by atoms with Crippen LogP contribution in [0.5, 0.6) is 0 Å². The molecule has 0 aliphatic heterocycles. The Morgan fingerprint density at radius 3 is 2.11 bits per heavy atom. The first-order valence-electron chi connectivity index (χ1n) is 11.5. The van der Waals surface area contributed by atoms with Gasteiger partial charge in [0.2, 0.25) is 0 Å². The van der Waals surface area contributed by atoms with Crippen LogP contribution in [0, 0.1) is 5.41 Å². The largest absolute Gasteiger partial charge is 0.460 e. The molecule has 0 N–H and O–H groups in total. The molecule has 0 saturated carbocycles.